The number of rotatable bonds is 2. The molecular weight excluding hydrogens is 296 g/mol. The molecule has 6 heteroatoms. The van der Waals surface area contributed by atoms with E-state index in [9.17, 15) is 4.79 Å². The van der Waals surface area contributed by atoms with E-state index in [0.717, 1.165) is 4.47 Å². The zero-order valence-corrected chi connectivity index (χ0v) is 11.2. The maximum Gasteiger partial charge on any atom is 0.255 e. The first-order valence-corrected chi connectivity index (χ1v) is 6.00. The predicted octanol–water partition coefficient (Wildman–Crippen LogP) is 2.38. The molecule has 2 aromatic rings. The fourth-order valence-corrected chi connectivity index (χ4v) is 1.85. The highest BCUT2D eigenvalue weighted by Crippen LogP contribution is 2.21. The van der Waals surface area contributed by atoms with Gasteiger partial charge in [0.25, 0.3) is 5.91 Å². The van der Waals surface area contributed by atoms with Gasteiger partial charge < -0.3 is 11.1 Å². The van der Waals surface area contributed by atoms with Gasteiger partial charge in [0.2, 0.25) is 0 Å². The van der Waals surface area contributed by atoms with E-state index in [0.29, 0.717) is 22.8 Å². The van der Waals surface area contributed by atoms with E-state index in [-0.39, 0.29) is 5.91 Å². The Balaban J connectivity index is 2.25. The molecule has 0 bridgehead atoms. The normalized spacial score (nSPS) is 10.1. The second kappa shape index (κ2) is 5.14. The third kappa shape index (κ3) is 2.84. The molecular formula is C12H11BrN4O. The number of hydrogen-bond donors (Lipinski definition) is 2. The molecule has 0 fully saturated rings. The Kier molecular flexibility index (Phi) is 3.57. The minimum atomic E-state index is -0.237. The van der Waals surface area contributed by atoms with E-state index in [1.54, 1.807) is 31.5 Å². The van der Waals surface area contributed by atoms with Crippen LogP contribution in [-0.4, -0.2) is 15.9 Å². The molecule has 0 aliphatic carbocycles. The summed E-state index contributed by atoms with van der Waals surface area (Å²) in [5.74, 6) is 0.0908. The van der Waals surface area contributed by atoms with Gasteiger partial charge in [0.05, 0.1) is 10.2 Å². The van der Waals surface area contributed by atoms with Crippen molar-refractivity contribution in [3.05, 3.63) is 46.3 Å². The number of nitrogens with one attached hydrogen (secondary N) is 1. The zero-order chi connectivity index (χ0) is 13.1. The lowest BCUT2D eigenvalue weighted by atomic mass is 10.2. The molecule has 0 unspecified atom stereocenters. The van der Waals surface area contributed by atoms with Gasteiger partial charge in [-0.05, 0) is 41.1 Å². The summed E-state index contributed by atoms with van der Waals surface area (Å²) in [6, 6.07) is 4.93. The number of nitrogen functional groups attached to an aromatic ring is 1. The van der Waals surface area contributed by atoms with Crippen molar-refractivity contribution >= 4 is 33.3 Å². The number of carbonyl (C=O) groups is 1. The summed E-state index contributed by atoms with van der Waals surface area (Å²) in [6.45, 7) is 1.79. The van der Waals surface area contributed by atoms with Crippen LogP contribution in [0.25, 0.3) is 0 Å². The van der Waals surface area contributed by atoms with Crippen LogP contribution in [0.4, 0.5) is 11.5 Å². The average molecular weight is 307 g/mol. The summed E-state index contributed by atoms with van der Waals surface area (Å²) in [5.41, 5.74) is 7.44. The number of nitrogens with zero attached hydrogens (tertiary/aromatic N) is 2. The van der Waals surface area contributed by atoms with Crippen LogP contribution in [0.5, 0.6) is 0 Å². The van der Waals surface area contributed by atoms with Crippen LogP contribution in [0.15, 0.2) is 35.1 Å². The molecule has 2 rings (SSSR count). The maximum atomic E-state index is 12.0. The molecule has 2 heterocycles. The van der Waals surface area contributed by atoms with Crippen molar-refractivity contribution in [2.45, 2.75) is 6.92 Å². The minimum Gasteiger partial charge on any atom is -0.384 e. The van der Waals surface area contributed by atoms with Gasteiger partial charge in [-0.3, -0.25) is 9.78 Å². The van der Waals surface area contributed by atoms with Gasteiger partial charge in [-0.2, -0.15) is 0 Å². The molecule has 0 aliphatic heterocycles. The highest BCUT2D eigenvalue weighted by Gasteiger charge is 2.09. The largest absolute Gasteiger partial charge is 0.384 e. The van der Waals surface area contributed by atoms with Gasteiger partial charge in [0, 0.05) is 23.7 Å². The van der Waals surface area contributed by atoms with Gasteiger partial charge in [-0.1, -0.05) is 0 Å². The average Bonchev–Trinajstić information content (AvgIpc) is 2.31. The summed E-state index contributed by atoms with van der Waals surface area (Å²) < 4.78 is 0.720. The Labute approximate surface area is 113 Å². The summed E-state index contributed by atoms with van der Waals surface area (Å²) >= 11 is 3.31. The van der Waals surface area contributed by atoms with Crippen molar-refractivity contribution in [2.24, 2.45) is 0 Å². The Morgan fingerprint density at radius 1 is 1.44 bits per heavy atom. The van der Waals surface area contributed by atoms with Crippen molar-refractivity contribution in [2.75, 3.05) is 11.1 Å². The molecule has 18 heavy (non-hydrogen) atoms. The smallest absolute Gasteiger partial charge is 0.255 e. The summed E-state index contributed by atoms with van der Waals surface area (Å²) in [4.78, 5) is 20.0. The molecule has 0 saturated carbocycles. The number of pyridine rings is 2. The van der Waals surface area contributed by atoms with Gasteiger partial charge in [-0.25, -0.2) is 4.98 Å². The lowest BCUT2D eigenvalue weighted by Crippen LogP contribution is -2.13. The minimum absolute atomic E-state index is 0.237. The summed E-state index contributed by atoms with van der Waals surface area (Å²) in [6.07, 6.45) is 3.22. The summed E-state index contributed by atoms with van der Waals surface area (Å²) in [5, 5.41) is 2.77. The first kappa shape index (κ1) is 12.5. The van der Waals surface area contributed by atoms with Crippen molar-refractivity contribution < 1.29 is 4.79 Å². The van der Waals surface area contributed by atoms with Crippen LogP contribution in [-0.2, 0) is 0 Å². The van der Waals surface area contributed by atoms with Crippen LogP contribution in [0, 0.1) is 6.92 Å². The van der Waals surface area contributed by atoms with Crippen LogP contribution in [0.1, 0.15) is 16.1 Å². The first-order chi connectivity index (χ1) is 8.56. The van der Waals surface area contributed by atoms with E-state index >= 15 is 0 Å². The van der Waals surface area contributed by atoms with Gasteiger partial charge in [-0.15, -0.1) is 0 Å². The second-order valence-electron chi connectivity index (χ2n) is 3.73. The van der Waals surface area contributed by atoms with Crippen molar-refractivity contribution in [3.8, 4) is 0 Å². The van der Waals surface area contributed by atoms with Crippen LogP contribution >= 0.6 is 15.9 Å². The highest BCUT2D eigenvalue weighted by molar-refractivity contribution is 9.10. The monoisotopic (exact) mass is 306 g/mol. The van der Waals surface area contributed by atoms with E-state index in [1.165, 1.54) is 6.07 Å². The van der Waals surface area contributed by atoms with Crippen molar-refractivity contribution in [3.63, 3.8) is 0 Å². The lowest BCUT2D eigenvalue weighted by molar-refractivity contribution is 0.102. The molecule has 5 nitrogen and oxygen atoms in total. The van der Waals surface area contributed by atoms with Gasteiger partial charge in [0.1, 0.15) is 5.82 Å². The Morgan fingerprint density at radius 2 is 2.22 bits per heavy atom. The van der Waals surface area contributed by atoms with Crippen LogP contribution in [0.3, 0.4) is 0 Å². The molecule has 2 aromatic heterocycles. The van der Waals surface area contributed by atoms with Crippen molar-refractivity contribution in [1.82, 2.24) is 9.97 Å². The lowest BCUT2D eigenvalue weighted by Gasteiger charge is -2.07. The fraction of sp³-hybridized carbons (Fsp3) is 0.0833. The number of carbonyl (C=O) groups excluding carboxylic acids is 1. The number of aromatic nitrogens is 2. The van der Waals surface area contributed by atoms with Gasteiger partial charge in [0.15, 0.2) is 0 Å². The molecule has 0 aromatic carbocycles. The topological polar surface area (TPSA) is 80.9 Å². The number of amides is 1. The maximum absolute atomic E-state index is 12.0. The van der Waals surface area contributed by atoms with Crippen LogP contribution in [0.2, 0.25) is 0 Å². The van der Waals surface area contributed by atoms with E-state index in [1.807, 2.05) is 0 Å². The Bertz CT molecular complexity index is 580. The Morgan fingerprint density at radius 3 is 2.89 bits per heavy atom. The van der Waals surface area contributed by atoms with Crippen molar-refractivity contribution in [1.29, 1.82) is 0 Å². The third-order valence-corrected chi connectivity index (χ3v) is 2.89. The molecule has 1 amide bonds. The number of nitrogens with two attached hydrogens (primary N) is 1. The van der Waals surface area contributed by atoms with E-state index in [2.05, 4.69) is 31.2 Å². The fourth-order valence-electron chi connectivity index (χ4n) is 1.50. The second-order valence-corrected chi connectivity index (χ2v) is 4.59. The molecule has 0 saturated heterocycles. The predicted molar refractivity (Wildman–Crippen MR) is 73.3 cm³/mol. The zero-order valence-electron chi connectivity index (χ0n) is 9.64. The number of aryl methyl sites for hydroxylation is 1. The summed E-state index contributed by atoms with van der Waals surface area (Å²) in [7, 11) is 0. The quantitative estimate of drug-likeness (QED) is 0.892. The molecule has 92 valence electrons. The molecule has 0 spiro atoms. The number of anilines is 2. The third-order valence-electron chi connectivity index (χ3n) is 2.26. The van der Waals surface area contributed by atoms with Gasteiger partial charge >= 0.3 is 0 Å². The molecule has 3 N–H and O–H groups in total. The Hall–Kier alpha value is -1.95. The van der Waals surface area contributed by atoms with E-state index in [4.69, 9.17) is 5.73 Å². The standard InChI is InChI=1S/C12H11BrN4O/c1-7-4-8(5-11(14)16-7)12(18)17-10-2-3-15-6-9(10)13/h2-6H,1H3,(H2,14,16)(H,15,17,18). The van der Waals surface area contributed by atoms with Crippen LogP contribution < -0.4 is 11.1 Å². The first-order valence-electron chi connectivity index (χ1n) is 5.21. The number of hydrogen-bond acceptors (Lipinski definition) is 4. The SMILES string of the molecule is Cc1cc(C(=O)Nc2ccncc2Br)cc(N)n1. The molecule has 0 aliphatic rings. The molecule has 0 radical (unpaired) electrons. The highest BCUT2D eigenvalue weighted by atomic mass is 79.9. The number of halogens is 1. The molecule has 0 atom stereocenters. The van der Waals surface area contributed by atoms with E-state index < -0.39 is 0 Å².